The van der Waals surface area contributed by atoms with Crippen molar-refractivity contribution in [3.8, 4) is 0 Å². The molecule has 0 bridgehead atoms. The molecule has 2 rings (SSSR count). The maximum Gasteiger partial charge on any atom is 0.155 e. The lowest BCUT2D eigenvalue weighted by Gasteiger charge is -2.36. The molecule has 1 heterocycles. The molecule has 0 spiro atoms. The van der Waals surface area contributed by atoms with E-state index in [2.05, 4.69) is 44.2 Å². The summed E-state index contributed by atoms with van der Waals surface area (Å²) in [5.41, 5.74) is 1.39. The monoisotopic (exact) mass is 248 g/mol. The van der Waals surface area contributed by atoms with Crippen LogP contribution < -0.4 is 0 Å². The summed E-state index contributed by atoms with van der Waals surface area (Å²) in [5, 5.41) is 0. The van der Waals surface area contributed by atoms with Gasteiger partial charge < -0.3 is 9.47 Å². The molecule has 3 atom stereocenters. The molecule has 1 fully saturated rings. The van der Waals surface area contributed by atoms with Gasteiger partial charge in [-0.15, -0.1) is 0 Å². The standard InChI is InChI=1S/C16H24O2/c1-12(2)16-11-15(17-13(3)18-16)10-9-14-7-5-4-6-8-14/h4-8,12-13,15-16H,9-11H2,1-3H3/t13-,15-,16-/m1/s1. The molecule has 1 aliphatic heterocycles. The summed E-state index contributed by atoms with van der Waals surface area (Å²) >= 11 is 0. The second-order valence-electron chi connectivity index (χ2n) is 5.50. The Kier molecular flexibility index (Phi) is 4.79. The van der Waals surface area contributed by atoms with Gasteiger partial charge in [-0.2, -0.15) is 0 Å². The van der Waals surface area contributed by atoms with E-state index in [0.717, 1.165) is 19.3 Å². The lowest BCUT2D eigenvalue weighted by atomic mass is 9.96. The molecule has 0 radical (unpaired) electrons. The zero-order valence-corrected chi connectivity index (χ0v) is 11.6. The number of hydrogen-bond donors (Lipinski definition) is 0. The van der Waals surface area contributed by atoms with Gasteiger partial charge in [0, 0.05) is 6.42 Å². The first-order valence-corrected chi connectivity index (χ1v) is 7.00. The summed E-state index contributed by atoms with van der Waals surface area (Å²) in [6.45, 7) is 6.44. The highest BCUT2D eigenvalue weighted by molar-refractivity contribution is 5.14. The summed E-state index contributed by atoms with van der Waals surface area (Å²) in [7, 11) is 0. The van der Waals surface area contributed by atoms with Crippen LogP contribution in [-0.2, 0) is 15.9 Å². The van der Waals surface area contributed by atoms with Crippen LogP contribution in [0.3, 0.4) is 0 Å². The first-order chi connectivity index (χ1) is 8.65. The van der Waals surface area contributed by atoms with Crippen molar-refractivity contribution in [2.24, 2.45) is 5.92 Å². The number of rotatable bonds is 4. The minimum Gasteiger partial charge on any atom is -0.350 e. The van der Waals surface area contributed by atoms with E-state index in [9.17, 15) is 0 Å². The highest BCUT2D eigenvalue weighted by Gasteiger charge is 2.29. The van der Waals surface area contributed by atoms with Crippen LogP contribution in [0.2, 0.25) is 0 Å². The molecule has 100 valence electrons. The predicted octanol–water partition coefficient (Wildman–Crippen LogP) is 3.80. The number of ether oxygens (including phenoxy) is 2. The maximum absolute atomic E-state index is 5.87. The molecule has 1 aromatic rings. The minimum atomic E-state index is -0.0630. The fourth-order valence-electron chi connectivity index (χ4n) is 2.51. The second-order valence-corrected chi connectivity index (χ2v) is 5.50. The fraction of sp³-hybridized carbons (Fsp3) is 0.625. The Balaban J connectivity index is 1.85. The molecule has 2 heteroatoms. The van der Waals surface area contributed by atoms with Crippen LogP contribution >= 0.6 is 0 Å². The van der Waals surface area contributed by atoms with Crippen molar-refractivity contribution < 1.29 is 9.47 Å². The Hall–Kier alpha value is -0.860. The van der Waals surface area contributed by atoms with E-state index >= 15 is 0 Å². The molecule has 0 aliphatic carbocycles. The van der Waals surface area contributed by atoms with E-state index in [1.54, 1.807) is 0 Å². The average molecular weight is 248 g/mol. The molecule has 0 unspecified atom stereocenters. The molecule has 2 nitrogen and oxygen atoms in total. The fourth-order valence-corrected chi connectivity index (χ4v) is 2.51. The zero-order chi connectivity index (χ0) is 13.0. The summed E-state index contributed by atoms with van der Waals surface area (Å²) in [6.07, 6.45) is 3.81. The predicted molar refractivity (Wildman–Crippen MR) is 73.4 cm³/mol. The smallest absolute Gasteiger partial charge is 0.155 e. The third-order valence-electron chi connectivity index (χ3n) is 3.59. The highest BCUT2D eigenvalue weighted by Crippen LogP contribution is 2.26. The molecule has 1 aliphatic rings. The number of aryl methyl sites for hydroxylation is 1. The van der Waals surface area contributed by atoms with Crippen molar-refractivity contribution in [2.45, 2.75) is 58.5 Å². The number of hydrogen-bond acceptors (Lipinski definition) is 2. The van der Waals surface area contributed by atoms with Crippen LogP contribution in [0.15, 0.2) is 30.3 Å². The van der Waals surface area contributed by atoms with Gasteiger partial charge in [0.15, 0.2) is 6.29 Å². The van der Waals surface area contributed by atoms with Gasteiger partial charge in [-0.1, -0.05) is 44.2 Å². The minimum absolute atomic E-state index is 0.0630. The maximum atomic E-state index is 5.87. The van der Waals surface area contributed by atoms with Crippen LogP contribution in [0.1, 0.15) is 39.2 Å². The normalized spacial score (nSPS) is 28.6. The van der Waals surface area contributed by atoms with Gasteiger partial charge in [0.25, 0.3) is 0 Å². The molecule has 1 aromatic carbocycles. The van der Waals surface area contributed by atoms with Crippen molar-refractivity contribution in [1.29, 1.82) is 0 Å². The van der Waals surface area contributed by atoms with Gasteiger partial charge in [0.05, 0.1) is 12.2 Å². The van der Waals surface area contributed by atoms with Gasteiger partial charge in [-0.3, -0.25) is 0 Å². The van der Waals surface area contributed by atoms with Crippen LogP contribution in [0.5, 0.6) is 0 Å². The van der Waals surface area contributed by atoms with Gasteiger partial charge in [0.1, 0.15) is 0 Å². The van der Waals surface area contributed by atoms with E-state index in [1.165, 1.54) is 5.56 Å². The summed E-state index contributed by atoms with van der Waals surface area (Å²) < 4.78 is 11.7. The lowest BCUT2D eigenvalue weighted by Crippen LogP contribution is -2.39. The lowest BCUT2D eigenvalue weighted by molar-refractivity contribution is -0.243. The molecule has 0 amide bonds. The zero-order valence-electron chi connectivity index (χ0n) is 11.6. The van der Waals surface area contributed by atoms with Crippen molar-refractivity contribution in [1.82, 2.24) is 0 Å². The van der Waals surface area contributed by atoms with E-state index < -0.39 is 0 Å². The van der Waals surface area contributed by atoms with Gasteiger partial charge >= 0.3 is 0 Å². The largest absolute Gasteiger partial charge is 0.350 e. The van der Waals surface area contributed by atoms with E-state index in [1.807, 2.05) is 6.92 Å². The molecule has 1 saturated heterocycles. The molecule has 0 saturated carbocycles. The first-order valence-electron chi connectivity index (χ1n) is 7.00. The topological polar surface area (TPSA) is 18.5 Å². The van der Waals surface area contributed by atoms with Crippen LogP contribution in [0.4, 0.5) is 0 Å². The summed E-state index contributed by atoms with van der Waals surface area (Å²) in [6, 6.07) is 10.6. The van der Waals surface area contributed by atoms with E-state index in [4.69, 9.17) is 9.47 Å². The average Bonchev–Trinajstić information content (AvgIpc) is 2.37. The van der Waals surface area contributed by atoms with Gasteiger partial charge in [-0.05, 0) is 31.2 Å². The van der Waals surface area contributed by atoms with Crippen LogP contribution in [0.25, 0.3) is 0 Å². The van der Waals surface area contributed by atoms with Crippen molar-refractivity contribution in [3.63, 3.8) is 0 Å². The Morgan fingerprint density at radius 1 is 1.17 bits per heavy atom. The first kappa shape index (κ1) is 13.6. The second kappa shape index (κ2) is 6.35. The van der Waals surface area contributed by atoms with Crippen LogP contribution in [-0.4, -0.2) is 18.5 Å². The third kappa shape index (κ3) is 3.82. The Morgan fingerprint density at radius 3 is 2.56 bits per heavy atom. The summed E-state index contributed by atoms with van der Waals surface area (Å²) in [4.78, 5) is 0. The van der Waals surface area contributed by atoms with Gasteiger partial charge in [0.2, 0.25) is 0 Å². The molecule has 0 N–H and O–H groups in total. The third-order valence-corrected chi connectivity index (χ3v) is 3.59. The Bertz CT molecular complexity index is 347. The van der Waals surface area contributed by atoms with E-state index in [-0.39, 0.29) is 6.29 Å². The molecular weight excluding hydrogens is 224 g/mol. The van der Waals surface area contributed by atoms with Crippen LogP contribution in [0, 0.1) is 5.92 Å². The van der Waals surface area contributed by atoms with E-state index in [0.29, 0.717) is 18.1 Å². The van der Waals surface area contributed by atoms with Gasteiger partial charge in [-0.25, -0.2) is 0 Å². The van der Waals surface area contributed by atoms with Crippen molar-refractivity contribution >= 4 is 0 Å². The quantitative estimate of drug-likeness (QED) is 0.807. The summed E-state index contributed by atoms with van der Waals surface area (Å²) in [5.74, 6) is 0.565. The van der Waals surface area contributed by atoms with Crippen molar-refractivity contribution in [2.75, 3.05) is 0 Å². The SMILES string of the molecule is CC(C)[C@H]1C[C@@H](CCc2ccccc2)O[C@@H](C)O1. The Morgan fingerprint density at radius 2 is 1.89 bits per heavy atom. The molecular formula is C16H24O2. The van der Waals surface area contributed by atoms with Crippen molar-refractivity contribution in [3.05, 3.63) is 35.9 Å². The molecule has 0 aromatic heterocycles. The molecule has 18 heavy (non-hydrogen) atoms. The number of benzene rings is 1. The Labute approximate surface area is 110 Å². The highest BCUT2D eigenvalue weighted by atomic mass is 16.7.